The van der Waals surface area contributed by atoms with E-state index in [1.807, 2.05) is 51.4 Å². The van der Waals surface area contributed by atoms with E-state index >= 15 is 0 Å². The number of benzene rings is 1. The second kappa shape index (κ2) is 7.31. The minimum atomic E-state index is -4.40. The molecule has 4 heterocycles. The number of fused-ring (bicyclic) bond motifs is 2. The van der Waals surface area contributed by atoms with Gasteiger partial charge in [0.25, 0.3) is 10.1 Å². The minimum Gasteiger partial charge on any atom is -0.348 e. The maximum absolute atomic E-state index is 12.0. The Labute approximate surface area is 192 Å². The fraction of sp³-hybridized carbons (Fsp3) is 0.478. The van der Waals surface area contributed by atoms with Gasteiger partial charge in [-0.3, -0.25) is 4.55 Å². The van der Waals surface area contributed by atoms with Crippen LogP contribution in [0.1, 0.15) is 43.8 Å². The van der Waals surface area contributed by atoms with Crippen LogP contribution in [-0.4, -0.2) is 51.1 Å². The first kappa shape index (κ1) is 22.4. The van der Waals surface area contributed by atoms with E-state index in [-0.39, 0.29) is 11.3 Å². The van der Waals surface area contributed by atoms with Gasteiger partial charge in [0.1, 0.15) is 23.7 Å². The molecule has 2 fully saturated rings. The van der Waals surface area contributed by atoms with Crippen LogP contribution >= 0.6 is 0 Å². The van der Waals surface area contributed by atoms with Crippen LogP contribution < -0.4 is 0 Å². The maximum atomic E-state index is 12.0. The molecule has 9 nitrogen and oxygen atoms in total. The highest BCUT2D eigenvalue weighted by Crippen LogP contribution is 2.51. The fourth-order valence-corrected chi connectivity index (χ4v) is 5.80. The van der Waals surface area contributed by atoms with Gasteiger partial charge in [-0.15, -0.1) is 0 Å². The quantitative estimate of drug-likeness (QED) is 0.574. The lowest BCUT2D eigenvalue weighted by atomic mass is 9.90. The van der Waals surface area contributed by atoms with Gasteiger partial charge in [0, 0.05) is 18.0 Å². The third-order valence-corrected chi connectivity index (χ3v) is 7.48. The molecular weight excluding hydrogens is 446 g/mol. The Kier molecular flexibility index (Phi) is 4.97. The Balaban J connectivity index is 1.59. The second-order valence-electron chi connectivity index (χ2n) is 9.45. The van der Waals surface area contributed by atoms with Crippen LogP contribution in [0.4, 0.5) is 0 Å². The molecule has 0 bridgehead atoms. The number of aromatic nitrogens is 3. The average Bonchev–Trinajstić information content (AvgIpc) is 3.30. The number of rotatable bonds is 4. The van der Waals surface area contributed by atoms with Crippen molar-refractivity contribution >= 4 is 21.2 Å². The van der Waals surface area contributed by atoms with Crippen LogP contribution in [0.5, 0.6) is 0 Å². The highest BCUT2D eigenvalue weighted by molar-refractivity contribution is 7.85. The molecule has 0 spiro atoms. The maximum Gasteiger partial charge on any atom is 0.294 e. The molecule has 2 aromatic heterocycles. The molecule has 0 unspecified atom stereocenters. The summed E-state index contributed by atoms with van der Waals surface area (Å²) in [6, 6.07) is 6.76. The predicted octanol–water partition coefficient (Wildman–Crippen LogP) is 3.35. The zero-order valence-electron chi connectivity index (χ0n) is 19.1. The molecule has 33 heavy (non-hydrogen) atoms. The van der Waals surface area contributed by atoms with E-state index in [1.54, 1.807) is 12.1 Å². The molecule has 10 heteroatoms. The summed E-state index contributed by atoms with van der Waals surface area (Å²) in [4.78, 5) is 8.58. The number of aryl methyl sites for hydroxylation is 2. The van der Waals surface area contributed by atoms with Crippen molar-refractivity contribution in [3.8, 4) is 0 Å². The molecule has 1 aromatic carbocycles. The van der Waals surface area contributed by atoms with Gasteiger partial charge in [0.15, 0.2) is 12.0 Å². The van der Waals surface area contributed by atoms with Crippen molar-refractivity contribution in [2.24, 2.45) is 0 Å². The van der Waals surface area contributed by atoms with Crippen LogP contribution in [0, 0.1) is 13.8 Å². The number of ether oxygens (including phenoxy) is 3. The van der Waals surface area contributed by atoms with Gasteiger partial charge >= 0.3 is 0 Å². The minimum absolute atomic E-state index is 0.131. The highest BCUT2D eigenvalue weighted by Gasteiger charge is 2.64. The number of hydrogen-bond acceptors (Lipinski definition) is 7. The van der Waals surface area contributed by atoms with Crippen molar-refractivity contribution < 1.29 is 27.2 Å². The monoisotopic (exact) mass is 473 g/mol. The molecule has 0 radical (unpaired) electrons. The van der Waals surface area contributed by atoms with Gasteiger partial charge in [-0.1, -0.05) is 17.7 Å². The molecule has 4 atom stereocenters. The zero-order chi connectivity index (χ0) is 23.8. The Bertz CT molecular complexity index is 1350. The van der Waals surface area contributed by atoms with E-state index in [0.29, 0.717) is 5.56 Å². The van der Waals surface area contributed by atoms with E-state index in [2.05, 4.69) is 9.97 Å². The number of hydrogen-bond donors (Lipinski definition) is 1. The molecule has 0 aliphatic carbocycles. The average molecular weight is 474 g/mol. The second-order valence-corrected chi connectivity index (χ2v) is 10.8. The van der Waals surface area contributed by atoms with Gasteiger partial charge in [-0.25, -0.2) is 9.97 Å². The Hall–Kier alpha value is -2.37. The summed E-state index contributed by atoms with van der Waals surface area (Å²) in [6.45, 7) is 9.41. The normalized spacial score (nSPS) is 29.0. The fourth-order valence-electron chi connectivity index (χ4n) is 5.08. The van der Waals surface area contributed by atoms with Crippen LogP contribution in [0.3, 0.4) is 0 Å². The van der Waals surface area contributed by atoms with E-state index in [1.165, 1.54) is 12.4 Å². The summed E-state index contributed by atoms with van der Waals surface area (Å²) in [5.74, 6) is -0.855. The third kappa shape index (κ3) is 3.66. The summed E-state index contributed by atoms with van der Waals surface area (Å²) >= 11 is 0. The molecule has 0 amide bonds. The summed E-state index contributed by atoms with van der Waals surface area (Å²) in [7, 11) is -4.40. The summed E-state index contributed by atoms with van der Waals surface area (Å²) in [5.41, 5.74) is 2.05. The summed E-state index contributed by atoms with van der Waals surface area (Å²) in [5, 5.41) is 0.914. The molecular formula is C23H27N3O6S. The lowest BCUT2D eigenvalue weighted by molar-refractivity contribution is -0.210. The number of nitrogens with zero attached hydrogens (tertiary/aromatic N) is 3. The highest BCUT2D eigenvalue weighted by atomic mass is 32.2. The van der Waals surface area contributed by atoms with Gasteiger partial charge in [0.05, 0.1) is 16.7 Å². The van der Waals surface area contributed by atoms with E-state index in [4.69, 9.17) is 14.2 Å². The molecule has 2 aliphatic heterocycles. The van der Waals surface area contributed by atoms with Gasteiger partial charge < -0.3 is 18.8 Å². The zero-order valence-corrected chi connectivity index (χ0v) is 20.0. The molecule has 5 rings (SSSR count). The van der Waals surface area contributed by atoms with Crippen molar-refractivity contribution in [2.75, 3.05) is 0 Å². The molecule has 1 N–H and O–H groups in total. The van der Waals surface area contributed by atoms with Crippen molar-refractivity contribution in [3.05, 3.63) is 53.6 Å². The first-order valence-corrected chi connectivity index (χ1v) is 12.2. The van der Waals surface area contributed by atoms with Crippen molar-refractivity contribution in [2.45, 2.75) is 75.8 Å². The summed E-state index contributed by atoms with van der Waals surface area (Å²) < 4.78 is 54.9. The third-order valence-electron chi connectivity index (χ3n) is 6.53. The van der Waals surface area contributed by atoms with Crippen molar-refractivity contribution in [3.63, 3.8) is 0 Å². The summed E-state index contributed by atoms with van der Waals surface area (Å²) in [6.07, 6.45) is 2.06. The Morgan fingerprint density at radius 2 is 1.91 bits per heavy atom. The Morgan fingerprint density at radius 3 is 2.64 bits per heavy atom. The van der Waals surface area contributed by atoms with E-state index in [9.17, 15) is 13.0 Å². The SMILES string of the molecule is Cc1ccc(S(=O)(=O)O)c(C[C@H]2O[C@@H](n3ccc4c(C)ncnc43)[C@@H]3OC(C)(C)O[C@]23C)c1. The lowest BCUT2D eigenvalue weighted by Crippen LogP contribution is -2.44. The lowest BCUT2D eigenvalue weighted by Gasteiger charge is -2.29. The van der Waals surface area contributed by atoms with Crippen molar-refractivity contribution in [1.29, 1.82) is 0 Å². The van der Waals surface area contributed by atoms with Crippen LogP contribution in [-0.2, 0) is 30.7 Å². The van der Waals surface area contributed by atoms with E-state index < -0.39 is 39.9 Å². The molecule has 2 aliphatic rings. The first-order valence-electron chi connectivity index (χ1n) is 10.8. The van der Waals surface area contributed by atoms with Gasteiger partial charge in [0.2, 0.25) is 0 Å². The van der Waals surface area contributed by atoms with Crippen molar-refractivity contribution in [1.82, 2.24) is 14.5 Å². The predicted molar refractivity (Wildman–Crippen MR) is 119 cm³/mol. The molecule has 3 aromatic rings. The molecule has 2 saturated heterocycles. The van der Waals surface area contributed by atoms with Gasteiger partial charge in [-0.2, -0.15) is 8.42 Å². The largest absolute Gasteiger partial charge is 0.348 e. The Morgan fingerprint density at radius 1 is 1.15 bits per heavy atom. The van der Waals surface area contributed by atoms with Gasteiger partial charge in [-0.05, 0) is 52.3 Å². The standard InChI is InChI=1S/C23H27N3O6S/c1-13-6-7-17(33(27,28)29)15(10-13)11-18-23(5)19(31-22(3,4)32-23)21(30-18)26-9-8-16-14(2)24-12-25-20(16)26/h6-10,12,18-19,21H,11H2,1-5H3,(H,27,28,29)/t18-,19+,21-,23-/m1/s1. The first-order chi connectivity index (χ1) is 15.4. The van der Waals surface area contributed by atoms with Crippen LogP contribution in [0.15, 0.2) is 41.7 Å². The molecule has 0 saturated carbocycles. The van der Waals surface area contributed by atoms with Crippen LogP contribution in [0.2, 0.25) is 0 Å². The molecule has 176 valence electrons. The topological polar surface area (TPSA) is 113 Å². The smallest absolute Gasteiger partial charge is 0.294 e. The van der Waals surface area contributed by atoms with E-state index in [0.717, 1.165) is 22.3 Å². The van der Waals surface area contributed by atoms with Crippen LogP contribution in [0.25, 0.3) is 11.0 Å².